The number of hydrogen-bond acceptors (Lipinski definition) is 2. The number of rotatable bonds is 4. The van der Waals surface area contributed by atoms with Crippen molar-refractivity contribution in [2.45, 2.75) is 26.2 Å². The van der Waals surface area contributed by atoms with Crippen LogP contribution in [0.3, 0.4) is 0 Å². The molecule has 3 atom stereocenters. The van der Waals surface area contributed by atoms with Gasteiger partial charge in [0.25, 0.3) is 0 Å². The smallest absolute Gasteiger partial charge is 0.307 e. The third-order valence-electron chi connectivity index (χ3n) is 4.08. The highest BCUT2D eigenvalue weighted by atomic mass is 79.9. The van der Waals surface area contributed by atoms with Gasteiger partial charge in [0, 0.05) is 10.2 Å². The normalized spacial score (nSPS) is 24.8. The zero-order valence-corrected chi connectivity index (χ0v) is 13.9. The SMILES string of the molecule is CCC1C[C@H](C(=O)Nc2ccc(Br)c(Cl)c2)[C@H](C(=O)O)C1. The molecule has 2 rings (SSSR count). The molecular formula is C15H17BrClNO3. The first kappa shape index (κ1) is 16.3. The Hall–Kier alpha value is -1.07. The summed E-state index contributed by atoms with van der Waals surface area (Å²) >= 11 is 9.27. The number of aliphatic carboxylic acids is 1. The Kier molecular flexibility index (Phi) is 5.27. The number of amides is 1. The van der Waals surface area contributed by atoms with Gasteiger partial charge >= 0.3 is 5.97 Å². The van der Waals surface area contributed by atoms with Crippen molar-refractivity contribution in [1.29, 1.82) is 0 Å². The van der Waals surface area contributed by atoms with E-state index >= 15 is 0 Å². The highest BCUT2D eigenvalue weighted by molar-refractivity contribution is 9.10. The van der Waals surface area contributed by atoms with Crippen molar-refractivity contribution in [2.75, 3.05) is 5.32 Å². The highest BCUT2D eigenvalue weighted by Crippen LogP contribution is 2.39. The molecule has 0 heterocycles. The number of nitrogens with one attached hydrogen (secondary N) is 1. The summed E-state index contributed by atoms with van der Waals surface area (Å²) in [7, 11) is 0. The molecule has 114 valence electrons. The van der Waals surface area contributed by atoms with Crippen molar-refractivity contribution in [2.24, 2.45) is 17.8 Å². The molecule has 4 nitrogen and oxygen atoms in total. The molecule has 1 aromatic carbocycles. The molecule has 6 heteroatoms. The molecule has 0 radical (unpaired) electrons. The van der Waals surface area contributed by atoms with Gasteiger partial charge in [0.1, 0.15) is 0 Å². The fourth-order valence-electron chi connectivity index (χ4n) is 2.85. The lowest BCUT2D eigenvalue weighted by Crippen LogP contribution is -2.29. The van der Waals surface area contributed by atoms with Gasteiger partial charge in [0.15, 0.2) is 0 Å². The van der Waals surface area contributed by atoms with Crippen LogP contribution in [0.2, 0.25) is 5.02 Å². The Balaban J connectivity index is 2.11. The Morgan fingerprint density at radius 2 is 2.05 bits per heavy atom. The Morgan fingerprint density at radius 3 is 2.62 bits per heavy atom. The largest absolute Gasteiger partial charge is 0.481 e. The summed E-state index contributed by atoms with van der Waals surface area (Å²) in [6, 6.07) is 5.12. The van der Waals surface area contributed by atoms with E-state index in [4.69, 9.17) is 11.6 Å². The topological polar surface area (TPSA) is 66.4 Å². The van der Waals surface area contributed by atoms with Gasteiger partial charge in [-0.3, -0.25) is 9.59 Å². The molecule has 1 aromatic rings. The number of carbonyl (C=O) groups is 2. The lowest BCUT2D eigenvalue weighted by molar-refractivity contribution is -0.145. The van der Waals surface area contributed by atoms with Gasteiger partial charge in [-0.1, -0.05) is 24.9 Å². The zero-order chi connectivity index (χ0) is 15.6. The molecule has 1 aliphatic rings. The number of carboxylic acid groups (broad SMARTS) is 1. The van der Waals surface area contributed by atoms with Crippen LogP contribution in [0.15, 0.2) is 22.7 Å². The van der Waals surface area contributed by atoms with Gasteiger partial charge in [-0.2, -0.15) is 0 Å². The zero-order valence-electron chi connectivity index (χ0n) is 11.6. The molecule has 1 fully saturated rings. The van der Waals surface area contributed by atoms with Crippen LogP contribution in [-0.2, 0) is 9.59 Å². The van der Waals surface area contributed by atoms with Crippen LogP contribution in [0.5, 0.6) is 0 Å². The summed E-state index contributed by atoms with van der Waals surface area (Å²) in [6.07, 6.45) is 2.10. The van der Waals surface area contributed by atoms with Crippen molar-refractivity contribution in [3.63, 3.8) is 0 Å². The minimum absolute atomic E-state index is 0.239. The fraction of sp³-hybridized carbons (Fsp3) is 0.467. The van der Waals surface area contributed by atoms with E-state index in [1.54, 1.807) is 18.2 Å². The van der Waals surface area contributed by atoms with E-state index in [-0.39, 0.29) is 5.91 Å². The highest BCUT2D eigenvalue weighted by Gasteiger charge is 2.42. The maximum atomic E-state index is 12.4. The molecule has 1 amide bonds. The van der Waals surface area contributed by atoms with E-state index in [1.165, 1.54) is 0 Å². The second-order valence-corrected chi connectivity index (χ2v) is 6.68. The number of benzene rings is 1. The molecule has 0 bridgehead atoms. The lowest BCUT2D eigenvalue weighted by atomic mass is 9.95. The number of carbonyl (C=O) groups excluding carboxylic acids is 1. The minimum Gasteiger partial charge on any atom is -0.481 e. The van der Waals surface area contributed by atoms with Gasteiger partial charge in [0.05, 0.1) is 16.9 Å². The van der Waals surface area contributed by atoms with Gasteiger partial charge in [-0.25, -0.2) is 0 Å². The number of hydrogen-bond donors (Lipinski definition) is 2. The van der Waals surface area contributed by atoms with Gasteiger partial charge in [-0.15, -0.1) is 0 Å². The quantitative estimate of drug-likeness (QED) is 0.831. The van der Waals surface area contributed by atoms with Crippen LogP contribution < -0.4 is 5.32 Å². The van der Waals surface area contributed by atoms with Crippen LogP contribution in [-0.4, -0.2) is 17.0 Å². The van der Waals surface area contributed by atoms with Crippen LogP contribution in [0.1, 0.15) is 26.2 Å². The van der Waals surface area contributed by atoms with Crippen LogP contribution in [0.4, 0.5) is 5.69 Å². The van der Waals surface area contributed by atoms with Crippen molar-refractivity contribution in [1.82, 2.24) is 0 Å². The summed E-state index contributed by atoms with van der Waals surface area (Å²) in [6.45, 7) is 2.03. The molecule has 2 N–H and O–H groups in total. The first-order valence-electron chi connectivity index (χ1n) is 6.91. The maximum absolute atomic E-state index is 12.4. The Labute approximate surface area is 137 Å². The van der Waals surface area contributed by atoms with Crippen molar-refractivity contribution in [3.8, 4) is 0 Å². The molecule has 1 saturated carbocycles. The molecular weight excluding hydrogens is 358 g/mol. The third kappa shape index (κ3) is 3.77. The predicted octanol–water partition coefficient (Wildman–Crippen LogP) is 4.18. The lowest BCUT2D eigenvalue weighted by Gasteiger charge is -2.15. The Bertz CT molecular complexity index is 564. The monoisotopic (exact) mass is 373 g/mol. The molecule has 0 saturated heterocycles. The molecule has 21 heavy (non-hydrogen) atoms. The molecule has 1 unspecified atom stereocenters. The van der Waals surface area contributed by atoms with Crippen LogP contribution >= 0.6 is 27.5 Å². The summed E-state index contributed by atoms with van der Waals surface area (Å²) in [5, 5.41) is 12.6. The fourth-order valence-corrected chi connectivity index (χ4v) is 3.28. The van der Waals surface area contributed by atoms with Gasteiger partial charge in [-0.05, 0) is 52.9 Å². The first-order valence-corrected chi connectivity index (χ1v) is 8.08. The van der Waals surface area contributed by atoms with Crippen LogP contribution in [0.25, 0.3) is 0 Å². The van der Waals surface area contributed by atoms with Crippen molar-refractivity contribution in [3.05, 3.63) is 27.7 Å². The maximum Gasteiger partial charge on any atom is 0.307 e. The standard InChI is InChI=1S/C15H17BrClNO3/c1-2-8-5-10(11(6-8)15(20)21)14(19)18-9-3-4-12(16)13(17)7-9/h3-4,7-8,10-11H,2,5-6H2,1H3,(H,18,19)(H,20,21)/t8?,10-,11+/m0/s1. The average molecular weight is 375 g/mol. The third-order valence-corrected chi connectivity index (χ3v) is 5.31. The van der Waals surface area contributed by atoms with E-state index in [9.17, 15) is 14.7 Å². The molecule has 0 aromatic heterocycles. The van der Waals surface area contributed by atoms with E-state index < -0.39 is 17.8 Å². The predicted molar refractivity (Wildman–Crippen MR) is 85.4 cm³/mol. The molecule has 1 aliphatic carbocycles. The number of carboxylic acids is 1. The van der Waals surface area contributed by atoms with Gasteiger partial charge in [0.2, 0.25) is 5.91 Å². The minimum atomic E-state index is -0.889. The van der Waals surface area contributed by atoms with E-state index in [0.717, 1.165) is 10.9 Å². The van der Waals surface area contributed by atoms with Gasteiger partial charge < -0.3 is 10.4 Å². The van der Waals surface area contributed by atoms with Crippen LogP contribution in [0, 0.1) is 17.8 Å². The number of halogens is 2. The van der Waals surface area contributed by atoms with E-state index in [2.05, 4.69) is 21.2 Å². The van der Waals surface area contributed by atoms with E-state index in [0.29, 0.717) is 29.5 Å². The molecule has 0 spiro atoms. The van der Waals surface area contributed by atoms with Crippen molar-refractivity contribution < 1.29 is 14.7 Å². The Morgan fingerprint density at radius 1 is 1.38 bits per heavy atom. The van der Waals surface area contributed by atoms with E-state index in [1.807, 2.05) is 6.92 Å². The second-order valence-electron chi connectivity index (χ2n) is 5.42. The second kappa shape index (κ2) is 6.79. The average Bonchev–Trinajstić information content (AvgIpc) is 2.87. The summed E-state index contributed by atoms with van der Waals surface area (Å²) in [5.74, 6) is -1.90. The first-order chi connectivity index (χ1) is 9.92. The summed E-state index contributed by atoms with van der Waals surface area (Å²) in [5.41, 5.74) is 0.581. The summed E-state index contributed by atoms with van der Waals surface area (Å²) in [4.78, 5) is 23.7. The number of anilines is 1. The van der Waals surface area contributed by atoms with Crippen molar-refractivity contribution >= 4 is 45.1 Å². The summed E-state index contributed by atoms with van der Waals surface area (Å²) < 4.78 is 0.748. The molecule has 0 aliphatic heterocycles.